The first-order valence-electron chi connectivity index (χ1n) is 7.67. The lowest BCUT2D eigenvalue weighted by Gasteiger charge is -2.36. The van der Waals surface area contributed by atoms with E-state index in [-0.39, 0.29) is 18.5 Å². The molecule has 0 aromatic heterocycles. The van der Waals surface area contributed by atoms with E-state index in [2.05, 4.69) is 45.0 Å². The molecule has 1 heterocycles. The normalized spacial score (nSPS) is 26.6. The predicted molar refractivity (Wildman–Crippen MR) is 79.6 cm³/mol. The minimum absolute atomic E-state index is 0.0392. The molecule has 0 N–H and O–H groups in total. The number of hydrogen-bond donors (Lipinski definition) is 0. The number of benzene rings is 1. The van der Waals surface area contributed by atoms with E-state index >= 15 is 0 Å². The molecule has 0 spiro atoms. The molecular formula is C17H26O3. The van der Waals surface area contributed by atoms with E-state index in [0.29, 0.717) is 13.2 Å². The van der Waals surface area contributed by atoms with Crippen LogP contribution in [-0.2, 0) is 20.8 Å². The van der Waals surface area contributed by atoms with E-state index in [4.69, 9.17) is 14.2 Å². The highest BCUT2D eigenvalue weighted by Gasteiger charge is 2.31. The Balaban J connectivity index is 1.92. The smallest absolute Gasteiger partial charge is 0.157 e. The van der Waals surface area contributed by atoms with Gasteiger partial charge in [-0.15, -0.1) is 0 Å². The third kappa shape index (κ3) is 4.05. The first-order valence-corrected chi connectivity index (χ1v) is 7.67. The topological polar surface area (TPSA) is 27.7 Å². The maximum atomic E-state index is 6.06. The minimum Gasteiger partial charge on any atom is -0.368 e. The van der Waals surface area contributed by atoms with Crippen LogP contribution in [0.1, 0.15) is 44.2 Å². The summed E-state index contributed by atoms with van der Waals surface area (Å²) < 4.78 is 17.7. The number of ether oxygens (including phenoxy) is 3. The van der Waals surface area contributed by atoms with Gasteiger partial charge in [-0.3, -0.25) is 0 Å². The van der Waals surface area contributed by atoms with Crippen LogP contribution < -0.4 is 0 Å². The summed E-state index contributed by atoms with van der Waals surface area (Å²) in [5.41, 5.74) is 2.50. The number of aryl methyl sites for hydroxylation is 1. The summed E-state index contributed by atoms with van der Waals surface area (Å²) in [5.74, 6) is 0. The van der Waals surface area contributed by atoms with Gasteiger partial charge in [0.05, 0.1) is 19.3 Å². The maximum Gasteiger partial charge on any atom is 0.157 e. The van der Waals surface area contributed by atoms with Gasteiger partial charge in [-0.2, -0.15) is 0 Å². The molecule has 0 aliphatic carbocycles. The van der Waals surface area contributed by atoms with E-state index in [1.807, 2.05) is 0 Å². The Morgan fingerprint density at radius 2 is 2.05 bits per heavy atom. The first-order chi connectivity index (χ1) is 9.74. The van der Waals surface area contributed by atoms with Crippen LogP contribution >= 0.6 is 0 Å². The van der Waals surface area contributed by atoms with Crippen molar-refractivity contribution in [2.75, 3.05) is 6.61 Å². The van der Waals surface area contributed by atoms with Crippen LogP contribution in [0, 0.1) is 6.92 Å². The fourth-order valence-corrected chi connectivity index (χ4v) is 2.51. The highest BCUT2D eigenvalue weighted by Crippen LogP contribution is 2.22. The molecule has 0 unspecified atom stereocenters. The Labute approximate surface area is 122 Å². The third-order valence-electron chi connectivity index (χ3n) is 3.81. The summed E-state index contributed by atoms with van der Waals surface area (Å²) in [6.45, 7) is 7.64. The van der Waals surface area contributed by atoms with E-state index in [9.17, 15) is 0 Å². The van der Waals surface area contributed by atoms with Crippen LogP contribution in [0.2, 0.25) is 0 Å². The molecule has 112 valence electrons. The van der Waals surface area contributed by atoms with E-state index in [0.717, 1.165) is 19.3 Å². The molecule has 3 nitrogen and oxygen atoms in total. The summed E-state index contributed by atoms with van der Waals surface area (Å²) in [5, 5.41) is 0. The Kier molecular flexibility index (Phi) is 6.02. The van der Waals surface area contributed by atoms with E-state index in [1.54, 1.807) is 0 Å². The monoisotopic (exact) mass is 278 g/mol. The molecule has 0 amide bonds. The second-order valence-electron chi connectivity index (χ2n) is 5.41. The van der Waals surface area contributed by atoms with Crippen molar-refractivity contribution in [2.24, 2.45) is 0 Å². The second kappa shape index (κ2) is 7.77. The van der Waals surface area contributed by atoms with Gasteiger partial charge < -0.3 is 14.2 Å². The van der Waals surface area contributed by atoms with Gasteiger partial charge in [0.15, 0.2) is 6.29 Å². The largest absolute Gasteiger partial charge is 0.368 e. The first kappa shape index (κ1) is 15.5. The Hall–Kier alpha value is -0.900. The summed E-state index contributed by atoms with van der Waals surface area (Å²) >= 11 is 0. The highest BCUT2D eigenvalue weighted by atomic mass is 16.7. The van der Waals surface area contributed by atoms with Gasteiger partial charge in [-0.1, -0.05) is 44.5 Å². The fraction of sp³-hybridized carbons (Fsp3) is 0.647. The van der Waals surface area contributed by atoms with Gasteiger partial charge in [0.2, 0.25) is 0 Å². The Morgan fingerprint density at radius 3 is 2.75 bits per heavy atom. The van der Waals surface area contributed by atoms with Gasteiger partial charge in [-0.25, -0.2) is 0 Å². The van der Waals surface area contributed by atoms with E-state index in [1.165, 1.54) is 11.1 Å². The standard InChI is InChI=1S/C17H26O3/c1-4-8-15-16(12-19-17(5-2)20-15)18-11-14-10-7-6-9-13(14)3/h6-7,9-10,15-17H,4-5,8,11-12H2,1-3H3/t15-,16-,17+/m1/s1. The van der Waals surface area contributed by atoms with Crippen molar-refractivity contribution in [1.82, 2.24) is 0 Å². The number of hydrogen-bond acceptors (Lipinski definition) is 3. The van der Waals surface area contributed by atoms with Crippen LogP contribution in [0.4, 0.5) is 0 Å². The molecule has 0 saturated carbocycles. The van der Waals surface area contributed by atoms with Gasteiger partial charge >= 0.3 is 0 Å². The predicted octanol–water partition coefficient (Wildman–Crippen LogP) is 3.83. The van der Waals surface area contributed by atoms with Gasteiger partial charge in [0, 0.05) is 0 Å². The molecule has 1 aromatic carbocycles. The van der Waals surface area contributed by atoms with Crippen LogP contribution in [0.3, 0.4) is 0 Å². The second-order valence-corrected chi connectivity index (χ2v) is 5.41. The molecule has 0 radical (unpaired) electrons. The molecule has 3 atom stereocenters. The maximum absolute atomic E-state index is 6.06. The van der Waals surface area contributed by atoms with Crippen molar-refractivity contribution in [1.29, 1.82) is 0 Å². The molecule has 1 saturated heterocycles. The molecule has 1 aliphatic heterocycles. The molecular weight excluding hydrogens is 252 g/mol. The third-order valence-corrected chi connectivity index (χ3v) is 3.81. The van der Waals surface area contributed by atoms with Crippen LogP contribution in [0.5, 0.6) is 0 Å². The van der Waals surface area contributed by atoms with Gasteiger partial charge in [0.25, 0.3) is 0 Å². The Bertz CT molecular complexity index is 405. The lowest BCUT2D eigenvalue weighted by Crippen LogP contribution is -2.44. The van der Waals surface area contributed by atoms with Crippen LogP contribution in [0.25, 0.3) is 0 Å². The molecule has 2 rings (SSSR count). The summed E-state index contributed by atoms with van der Waals surface area (Å²) in [4.78, 5) is 0. The molecule has 1 aliphatic rings. The summed E-state index contributed by atoms with van der Waals surface area (Å²) in [6, 6.07) is 8.33. The summed E-state index contributed by atoms with van der Waals surface area (Å²) in [6.07, 6.45) is 3.15. The zero-order valence-electron chi connectivity index (χ0n) is 12.8. The highest BCUT2D eigenvalue weighted by molar-refractivity contribution is 5.24. The van der Waals surface area contributed by atoms with E-state index < -0.39 is 0 Å². The van der Waals surface area contributed by atoms with Crippen LogP contribution in [0.15, 0.2) is 24.3 Å². The van der Waals surface area contributed by atoms with Crippen LogP contribution in [-0.4, -0.2) is 25.1 Å². The molecule has 3 heteroatoms. The SMILES string of the molecule is CCC[C@H]1O[C@@H](CC)OC[C@H]1OCc1ccccc1C. The molecule has 1 fully saturated rings. The minimum atomic E-state index is -0.0649. The lowest BCUT2D eigenvalue weighted by atomic mass is 10.1. The molecule has 0 bridgehead atoms. The zero-order chi connectivity index (χ0) is 14.4. The van der Waals surface area contributed by atoms with Gasteiger partial charge in [0.1, 0.15) is 6.10 Å². The molecule has 1 aromatic rings. The van der Waals surface area contributed by atoms with Gasteiger partial charge in [-0.05, 0) is 30.9 Å². The van der Waals surface area contributed by atoms with Crippen molar-refractivity contribution >= 4 is 0 Å². The fourth-order valence-electron chi connectivity index (χ4n) is 2.51. The van der Waals surface area contributed by atoms with Crippen molar-refractivity contribution in [3.8, 4) is 0 Å². The quantitative estimate of drug-likeness (QED) is 0.791. The molecule has 20 heavy (non-hydrogen) atoms. The van der Waals surface area contributed by atoms with Crippen molar-refractivity contribution in [2.45, 2.75) is 65.1 Å². The summed E-state index contributed by atoms with van der Waals surface area (Å²) in [7, 11) is 0. The van der Waals surface area contributed by atoms with Crippen molar-refractivity contribution < 1.29 is 14.2 Å². The Morgan fingerprint density at radius 1 is 1.25 bits per heavy atom. The van der Waals surface area contributed by atoms with Crippen molar-refractivity contribution in [3.63, 3.8) is 0 Å². The lowest BCUT2D eigenvalue weighted by molar-refractivity contribution is -0.264. The zero-order valence-corrected chi connectivity index (χ0v) is 12.8. The average molecular weight is 278 g/mol. The average Bonchev–Trinajstić information content (AvgIpc) is 2.47. The number of rotatable bonds is 6. The van der Waals surface area contributed by atoms with Crippen molar-refractivity contribution in [3.05, 3.63) is 35.4 Å².